The molecule has 0 aliphatic heterocycles. The van der Waals surface area contributed by atoms with Crippen molar-refractivity contribution in [1.82, 2.24) is 9.97 Å². The van der Waals surface area contributed by atoms with Gasteiger partial charge < -0.3 is 4.98 Å². The van der Waals surface area contributed by atoms with Crippen LogP contribution in [-0.2, 0) is 19.8 Å². The van der Waals surface area contributed by atoms with Crippen molar-refractivity contribution in [2.75, 3.05) is 0 Å². The molecular formula is C5H6N2O2Os. The maximum Gasteiger partial charge on any atom is 0.325 e. The van der Waals surface area contributed by atoms with Gasteiger partial charge in [-0.05, 0) is 6.92 Å². The van der Waals surface area contributed by atoms with Gasteiger partial charge in [-0.25, -0.2) is 4.79 Å². The van der Waals surface area contributed by atoms with E-state index in [1.165, 1.54) is 6.20 Å². The van der Waals surface area contributed by atoms with Crippen LogP contribution in [0.1, 0.15) is 5.56 Å². The number of aryl methyl sites for hydroxylation is 1. The Bertz CT molecular complexity index is 314. The zero-order valence-corrected chi connectivity index (χ0v) is 7.79. The number of aromatic nitrogens is 2. The van der Waals surface area contributed by atoms with Crippen LogP contribution in [0.2, 0.25) is 0 Å². The third-order valence-electron chi connectivity index (χ3n) is 1.00. The van der Waals surface area contributed by atoms with Crippen molar-refractivity contribution in [2.45, 2.75) is 6.92 Å². The molecule has 0 atom stereocenters. The van der Waals surface area contributed by atoms with E-state index in [4.69, 9.17) is 0 Å². The van der Waals surface area contributed by atoms with E-state index in [-0.39, 0.29) is 25.3 Å². The number of hydrogen-bond donors (Lipinski definition) is 2. The number of nitrogens with one attached hydrogen (secondary N) is 2. The minimum absolute atomic E-state index is 0. The van der Waals surface area contributed by atoms with E-state index in [1.54, 1.807) is 6.92 Å². The van der Waals surface area contributed by atoms with E-state index in [2.05, 4.69) is 9.97 Å². The van der Waals surface area contributed by atoms with Gasteiger partial charge in [-0.15, -0.1) is 0 Å². The Balaban J connectivity index is 0.000000810. The summed E-state index contributed by atoms with van der Waals surface area (Å²) in [6, 6.07) is 0. The van der Waals surface area contributed by atoms with Gasteiger partial charge in [0.25, 0.3) is 5.56 Å². The summed E-state index contributed by atoms with van der Waals surface area (Å²) < 4.78 is 0. The SMILES string of the molecule is Cc1c[nH]c(=O)[nH]c1=O.[Os]. The van der Waals surface area contributed by atoms with Gasteiger partial charge in [0.2, 0.25) is 0 Å². The molecule has 0 fully saturated rings. The molecule has 10 heavy (non-hydrogen) atoms. The molecule has 0 amide bonds. The predicted octanol–water partition coefficient (Wildman–Crippen LogP) is -0.631. The molecular weight excluding hydrogens is 310 g/mol. The molecule has 0 saturated heterocycles. The van der Waals surface area contributed by atoms with Crippen molar-refractivity contribution in [1.29, 1.82) is 0 Å². The van der Waals surface area contributed by atoms with Crippen molar-refractivity contribution >= 4 is 0 Å². The van der Waals surface area contributed by atoms with E-state index >= 15 is 0 Å². The molecule has 56 valence electrons. The first kappa shape index (κ1) is 9.32. The molecule has 1 rings (SSSR count). The molecule has 0 aromatic carbocycles. The molecule has 0 aliphatic carbocycles. The van der Waals surface area contributed by atoms with Crippen molar-refractivity contribution in [3.63, 3.8) is 0 Å². The standard InChI is InChI=1S/C5H6N2O2.Os/c1-3-2-6-5(9)7-4(3)8;/h2H,1H3,(H2,6,7,8,9);. The first-order valence-corrected chi connectivity index (χ1v) is 2.49. The van der Waals surface area contributed by atoms with Crippen LogP contribution in [0.4, 0.5) is 0 Å². The Morgan fingerprint density at radius 1 is 1.40 bits per heavy atom. The number of H-pyrrole nitrogens is 2. The maximum absolute atomic E-state index is 10.6. The van der Waals surface area contributed by atoms with Crippen LogP contribution < -0.4 is 11.2 Å². The third-order valence-corrected chi connectivity index (χ3v) is 1.00. The molecule has 1 heterocycles. The minimum Gasteiger partial charge on any atom is -0.314 e. The topological polar surface area (TPSA) is 65.7 Å². The number of aromatic amines is 2. The zero-order chi connectivity index (χ0) is 6.85. The van der Waals surface area contributed by atoms with Crippen LogP contribution in [0.15, 0.2) is 15.8 Å². The van der Waals surface area contributed by atoms with E-state index in [1.807, 2.05) is 0 Å². The van der Waals surface area contributed by atoms with Crippen LogP contribution in [0.5, 0.6) is 0 Å². The van der Waals surface area contributed by atoms with Crippen molar-refractivity contribution < 1.29 is 19.8 Å². The van der Waals surface area contributed by atoms with Crippen molar-refractivity contribution in [2.24, 2.45) is 0 Å². The van der Waals surface area contributed by atoms with E-state index in [9.17, 15) is 9.59 Å². The molecule has 0 saturated carbocycles. The van der Waals surface area contributed by atoms with Gasteiger partial charge in [0, 0.05) is 31.6 Å². The third kappa shape index (κ3) is 1.92. The van der Waals surface area contributed by atoms with Gasteiger partial charge in [0.05, 0.1) is 0 Å². The van der Waals surface area contributed by atoms with Gasteiger partial charge in [-0.2, -0.15) is 0 Å². The molecule has 2 N–H and O–H groups in total. The van der Waals surface area contributed by atoms with Crippen LogP contribution in [0, 0.1) is 6.92 Å². The van der Waals surface area contributed by atoms with Gasteiger partial charge in [0.15, 0.2) is 0 Å². The summed E-state index contributed by atoms with van der Waals surface area (Å²) in [6.45, 7) is 1.62. The smallest absolute Gasteiger partial charge is 0.314 e. The average Bonchev–Trinajstić information content (AvgIpc) is 1.80. The molecule has 4 nitrogen and oxygen atoms in total. The fraction of sp³-hybridized carbons (Fsp3) is 0.200. The Morgan fingerprint density at radius 3 is 2.40 bits per heavy atom. The molecule has 0 bridgehead atoms. The molecule has 0 spiro atoms. The van der Waals surface area contributed by atoms with E-state index in [0.717, 1.165) is 0 Å². The van der Waals surface area contributed by atoms with Crippen LogP contribution in [0.3, 0.4) is 0 Å². The summed E-state index contributed by atoms with van der Waals surface area (Å²) in [5.41, 5.74) is -0.293. The zero-order valence-electron chi connectivity index (χ0n) is 5.25. The molecule has 0 aliphatic rings. The fourth-order valence-corrected chi connectivity index (χ4v) is 0.477. The quantitative estimate of drug-likeness (QED) is 0.669. The Labute approximate surface area is 69.7 Å². The van der Waals surface area contributed by atoms with Gasteiger partial charge in [-0.1, -0.05) is 0 Å². The first-order chi connectivity index (χ1) is 4.20. The Hall–Kier alpha value is -0.684. The van der Waals surface area contributed by atoms with Crippen LogP contribution >= 0.6 is 0 Å². The second-order valence-corrected chi connectivity index (χ2v) is 1.75. The van der Waals surface area contributed by atoms with Gasteiger partial charge >= 0.3 is 5.69 Å². The monoisotopic (exact) mass is 318 g/mol. The first-order valence-electron chi connectivity index (χ1n) is 2.49. The molecule has 5 heteroatoms. The molecule has 1 aromatic rings. The summed E-state index contributed by atoms with van der Waals surface area (Å²) in [5, 5.41) is 0. The van der Waals surface area contributed by atoms with Crippen molar-refractivity contribution in [3.8, 4) is 0 Å². The normalized spacial score (nSPS) is 8.50. The number of rotatable bonds is 0. The summed E-state index contributed by atoms with van der Waals surface area (Å²) in [6.07, 6.45) is 1.38. The van der Waals surface area contributed by atoms with Gasteiger partial charge in [0.1, 0.15) is 0 Å². The second kappa shape index (κ2) is 3.48. The summed E-state index contributed by atoms with van der Waals surface area (Å²) in [5.74, 6) is 0. The summed E-state index contributed by atoms with van der Waals surface area (Å²) in [4.78, 5) is 25.3. The van der Waals surface area contributed by atoms with Crippen molar-refractivity contribution in [3.05, 3.63) is 32.6 Å². The Morgan fingerprint density at radius 2 is 2.00 bits per heavy atom. The van der Waals surface area contributed by atoms with Crippen LogP contribution in [-0.4, -0.2) is 9.97 Å². The minimum atomic E-state index is -0.467. The maximum atomic E-state index is 10.6. The molecule has 0 unspecified atom stereocenters. The Kier molecular flexibility index (Phi) is 3.24. The van der Waals surface area contributed by atoms with E-state index < -0.39 is 5.69 Å². The fourth-order valence-electron chi connectivity index (χ4n) is 0.477. The summed E-state index contributed by atoms with van der Waals surface area (Å²) >= 11 is 0. The van der Waals surface area contributed by atoms with Gasteiger partial charge in [-0.3, -0.25) is 9.78 Å². The average molecular weight is 316 g/mol. The molecule has 0 radical (unpaired) electrons. The largest absolute Gasteiger partial charge is 0.325 e. The second-order valence-electron chi connectivity index (χ2n) is 1.75. The van der Waals surface area contributed by atoms with E-state index in [0.29, 0.717) is 5.56 Å². The summed E-state index contributed by atoms with van der Waals surface area (Å²) in [7, 11) is 0. The molecule has 1 aromatic heterocycles. The van der Waals surface area contributed by atoms with Crippen LogP contribution in [0.25, 0.3) is 0 Å². The predicted molar refractivity (Wildman–Crippen MR) is 32.4 cm³/mol. The number of hydrogen-bond acceptors (Lipinski definition) is 2.